The van der Waals surface area contributed by atoms with Gasteiger partial charge in [-0.25, -0.2) is 0 Å². The van der Waals surface area contributed by atoms with Gasteiger partial charge < -0.3 is 5.32 Å². The maximum Gasteiger partial charge on any atom is 0.417 e. The highest BCUT2D eigenvalue weighted by atomic mass is 19.4. The molecule has 0 aliphatic heterocycles. The van der Waals surface area contributed by atoms with Gasteiger partial charge in [0.05, 0.1) is 16.8 Å². The first-order chi connectivity index (χ1) is 11.4. The van der Waals surface area contributed by atoms with Crippen LogP contribution in [-0.2, 0) is 6.18 Å². The summed E-state index contributed by atoms with van der Waals surface area (Å²) in [6, 6.07) is 9.59. The van der Waals surface area contributed by atoms with Crippen LogP contribution in [0, 0.1) is 0 Å². The first-order valence-corrected chi connectivity index (χ1v) is 6.88. The molecule has 0 radical (unpaired) electrons. The molecule has 0 atom stereocenters. The van der Waals surface area contributed by atoms with E-state index < -0.39 is 23.2 Å². The number of halogens is 3. The van der Waals surface area contributed by atoms with Crippen molar-refractivity contribution in [1.29, 1.82) is 0 Å². The van der Waals surface area contributed by atoms with Crippen LogP contribution >= 0.6 is 0 Å². The van der Waals surface area contributed by atoms with E-state index in [1.807, 2.05) is 0 Å². The molecule has 0 bridgehead atoms. The van der Waals surface area contributed by atoms with Crippen molar-refractivity contribution >= 4 is 11.7 Å². The number of nitrogens with zero attached hydrogens (tertiary/aromatic N) is 2. The van der Waals surface area contributed by atoms with Crippen molar-refractivity contribution in [2.45, 2.75) is 6.18 Å². The summed E-state index contributed by atoms with van der Waals surface area (Å²) in [5, 5.41) is 8.96. The molecule has 1 amide bonds. The lowest BCUT2D eigenvalue weighted by atomic mass is 10.1. The van der Waals surface area contributed by atoms with Crippen molar-refractivity contribution in [2.75, 3.05) is 5.32 Å². The van der Waals surface area contributed by atoms with Crippen LogP contribution in [0.2, 0.25) is 0 Å². The highest BCUT2D eigenvalue weighted by Crippen LogP contribution is 2.32. The van der Waals surface area contributed by atoms with Gasteiger partial charge in [0.15, 0.2) is 5.82 Å². The molecule has 0 aliphatic carbocycles. The molecule has 3 rings (SSSR count). The molecule has 2 N–H and O–H groups in total. The minimum atomic E-state index is -4.61. The molecule has 0 saturated heterocycles. The van der Waals surface area contributed by atoms with E-state index in [4.69, 9.17) is 0 Å². The number of nitrogens with one attached hydrogen (secondary N) is 2. The van der Waals surface area contributed by atoms with E-state index in [0.717, 1.165) is 17.7 Å². The normalized spacial score (nSPS) is 11.3. The van der Waals surface area contributed by atoms with Crippen molar-refractivity contribution in [1.82, 2.24) is 15.2 Å². The van der Waals surface area contributed by atoms with Crippen molar-refractivity contribution in [3.8, 4) is 11.3 Å². The minimum Gasteiger partial charge on any atom is -0.305 e. The largest absolute Gasteiger partial charge is 0.417 e. The summed E-state index contributed by atoms with van der Waals surface area (Å²) >= 11 is 0. The predicted molar refractivity (Wildman–Crippen MR) is 81.2 cm³/mol. The molecular formula is C16H11F3N4O. The molecule has 0 aliphatic rings. The van der Waals surface area contributed by atoms with Crippen LogP contribution < -0.4 is 5.32 Å². The Morgan fingerprint density at radius 2 is 1.79 bits per heavy atom. The number of aromatic amines is 1. The number of hydrogen-bond acceptors (Lipinski definition) is 3. The fourth-order valence-corrected chi connectivity index (χ4v) is 2.18. The maximum absolute atomic E-state index is 13.0. The predicted octanol–water partition coefficient (Wildman–Crippen LogP) is 3.74. The molecule has 0 unspecified atom stereocenters. The number of hydrogen-bond donors (Lipinski definition) is 2. The molecule has 0 fully saturated rings. The Morgan fingerprint density at radius 3 is 2.50 bits per heavy atom. The van der Waals surface area contributed by atoms with Crippen LogP contribution in [0.3, 0.4) is 0 Å². The maximum atomic E-state index is 13.0. The number of aromatic nitrogens is 3. The average molecular weight is 332 g/mol. The number of rotatable bonds is 3. The van der Waals surface area contributed by atoms with E-state index in [0.29, 0.717) is 5.69 Å². The van der Waals surface area contributed by atoms with E-state index in [-0.39, 0.29) is 5.82 Å². The summed E-state index contributed by atoms with van der Waals surface area (Å²) in [5.74, 6) is -0.750. The quantitative estimate of drug-likeness (QED) is 0.767. The monoisotopic (exact) mass is 332 g/mol. The molecule has 0 spiro atoms. The third-order valence-corrected chi connectivity index (χ3v) is 3.29. The van der Waals surface area contributed by atoms with Crippen LogP contribution in [0.4, 0.5) is 19.0 Å². The number of carbonyl (C=O) groups excluding carboxylic acids is 1. The number of alkyl halides is 3. The van der Waals surface area contributed by atoms with Gasteiger partial charge in [0.2, 0.25) is 0 Å². The van der Waals surface area contributed by atoms with Crippen LogP contribution in [0.1, 0.15) is 15.9 Å². The Bertz CT molecular complexity index is 859. The lowest BCUT2D eigenvalue weighted by Crippen LogP contribution is -2.18. The van der Waals surface area contributed by atoms with Gasteiger partial charge in [-0.3, -0.25) is 14.9 Å². The molecule has 3 aromatic rings. The zero-order valence-electron chi connectivity index (χ0n) is 12.1. The van der Waals surface area contributed by atoms with Crippen LogP contribution in [0.5, 0.6) is 0 Å². The second-order valence-electron chi connectivity index (χ2n) is 4.90. The average Bonchev–Trinajstić information content (AvgIpc) is 3.03. The molecule has 122 valence electrons. The lowest BCUT2D eigenvalue weighted by Gasteiger charge is -2.11. The molecule has 1 aromatic carbocycles. The Balaban J connectivity index is 1.83. The number of H-pyrrole nitrogens is 1. The first kappa shape index (κ1) is 15.7. The standard InChI is InChI=1S/C16H11F3N4O/c17-16(18,19)12-4-2-1-3-11(12)15(24)21-14-9-13(22-23-14)10-5-7-20-8-6-10/h1-9H,(H2,21,22,23,24). The molecule has 2 heterocycles. The summed E-state index contributed by atoms with van der Waals surface area (Å²) in [6.07, 6.45) is -1.43. The summed E-state index contributed by atoms with van der Waals surface area (Å²) in [7, 11) is 0. The highest BCUT2D eigenvalue weighted by Gasteiger charge is 2.34. The smallest absolute Gasteiger partial charge is 0.305 e. The van der Waals surface area contributed by atoms with E-state index in [1.54, 1.807) is 24.5 Å². The number of benzene rings is 1. The zero-order chi connectivity index (χ0) is 17.2. The van der Waals surface area contributed by atoms with Gasteiger partial charge >= 0.3 is 6.18 Å². The van der Waals surface area contributed by atoms with Crippen molar-refractivity contribution < 1.29 is 18.0 Å². The van der Waals surface area contributed by atoms with Gasteiger partial charge in [0.1, 0.15) is 0 Å². The molecule has 0 saturated carbocycles. The lowest BCUT2D eigenvalue weighted by molar-refractivity contribution is -0.137. The summed E-state index contributed by atoms with van der Waals surface area (Å²) in [6.45, 7) is 0. The second-order valence-corrected chi connectivity index (χ2v) is 4.90. The Labute approximate surface area is 134 Å². The Kier molecular flexibility index (Phi) is 4.03. The van der Waals surface area contributed by atoms with Gasteiger partial charge in [-0.1, -0.05) is 12.1 Å². The number of carbonyl (C=O) groups is 1. The highest BCUT2D eigenvalue weighted by molar-refractivity contribution is 6.05. The number of anilines is 1. The van der Waals surface area contributed by atoms with Crippen molar-refractivity contribution in [3.63, 3.8) is 0 Å². The van der Waals surface area contributed by atoms with Crippen molar-refractivity contribution in [3.05, 3.63) is 66.0 Å². The van der Waals surface area contributed by atoms with Gasteiger partial charge in [-0.2, -0.15) is 18.3 Å². The summed E-state index contributed by atoms with van der Waals surface area (Å²) in [4.78, 5) is 16.0. The Morgan fingerprint density at radius 1 is 1.08 bits per heavy atom. The summed E-state index contributed by atoms with van der Waals surface area (Å²) in [5.41, 5.74) is -0.0589. The number of amides is 1. The van der Waals surface area contributed by atoms with Crippen LogP contribution in [-0.4, -0.2) is 21.1 Å². The zero-order valence-corrected chi connectivity index (χ0v) is 12.1. The third kappa shape index (κ3) is 3.27. The molecule has 24 heavy (non-hydrogen) atoms. The van der Waals surface area contributed by atoms with Gasteiger partial charge in [-0.05, 0) is 24.3 Å². The number of pyridine rings is 1. The molecular weight excluding hydrogens is 321 g/mol. The molecule has 2 aromatic heterocycles. The fourth-order valence-electron chi connectivity index (χ4n) is 2.18. The van der Waals surface area contributed by atoms with Gasteiger partial charge in [0.25, 0.3) is 5.91 Å². The molecule has 5 nitrogen and oxygen atoms in total. The van der Waals surface area contributed by atoms with Gasteiger partial charge in [0, 0.05) is 24.0 Å². The van der Waals surface area contributed by atoms with E-state index in [1.165, 1.54) is 18.2 Å². The molecule has 8 heteroatoms. The fraction of sp³-hybridized carbons (Fsp3) is 0.0625. The van der Waals surface area contributed by atoms with E-state index in [9.17, 15) is 18.0 Å². The second kappa shape index (κ2) is 6.15. The first-order valence-electron chi connectivity index (χ1n) is 6.88. The Hall–Kier alpha value is -3.16. The van der Waals surface area contributed by atoms with E-state index >= 15 is 0 Å². The van der Waals surface area contributed by atoms with E-state index in [2.05, 4.69) is 20.5 Å². The minimum absolute atomic E-state index is 0.129. The third-order valence-electron chi connectivity index (χ3n) is 3.29. The van der Waals surface area contributed by atoms with Crippen LogP contribution in [0.15, 0.2) is 54.9 Å². The van der Waals surface area contributed by atoms with Gasteiger partial charge in [-0.15, -0.1) is 0 Å². The summed E-state index contributed by atoms with van der Waals surface area (Å²) < 4.78 is 38.9. The SMILES string of the molecule is O=C(Nc1cc(-c2ccncc2)[nH]n1)c1ccccc1C(F)(F)F. The topological polar surface area (TPSA) is 70.7 Å². The van der Waals surface area contributed by atoms with Crippen LogP contribution in [0.25, 0.3) is 11.3 Å². The van der Waals surface area contributed by atoms with Crippen molar-refractivity contribution in [2.24, 2.45) is 0 Å².